The van der Waals surface area contributed by atoms with Crippen molar-refractivity contribution in [3.63, 3.8) is 0 Å². The van der Waals surface area contributed by atoms with E-state index in [1.165, 1.54) is 23.6 Å². The number of anilines is 2. The second-order valence-corrected chi connectivity index (χ2v) is 7.52. The molecule has 1 atom stereocenters. The monoisotopic (exact) mass is 354 g/mol. The highest BCUT2D eigenvalue weighted by molar-refractivity contribution is 8.02. The molecule has 0 radical (unpaired) electrons. The number of amides is 2. The molecule has 0 saturated carbocycles. The quantitative estimate of drug-likeness (QED) is 0.678. The van der Waals surface area contributed by atoms with Gasteiger partial charge in [-0.05, 0) is 50.2 Å². The average molecular weight is 354 g/mol. The van der Waals surface area contributed by atoms with Gasteiger partial charge in [-0.1, -0.05) is 23.9 Å². The first-order chi connectivity index (χ1) is 11.8. The van der Waals surface area contributed by atoms with E-state index < -0.39 is 4.75 Å². The molecule has 128 valence electrons. The summed E-state index contributed by atoms with van der Waals surface area (Å²) in [5.74, 6) is -0.699. The molecule has 6 heteroatoms. The highest BCUT2D eigenvalue weighted by atomic mass is 32.2. The Morgan fingerprint density at radius 1 is 1.08 bits per heavy atom. The van der Waals surface area contributed by atoms with Crippen molar-refractivity contribution < 1.29 is 14.4 Å². The lowest BCUT2D eigenvalue weighted by molar-refractivity contribution is -0.128. The summed E-state index contributed by atoms with van der Waals surface area (Å²) in [7, 11) is 1.67. The lowest BCUT2D eigenvalue weighted by atomic mass is 10.1. The Hall–Kier alpha value is -2.60. The molecule has 1 heterocycles. The van der Waals surface area contributed by atoms with Gasteiger partial charge in [-0.15, -0.1) is 0 Å². The Balaban J connectivity index is 1.86. The molecule has 3 rings (SSSR count). The molecule has 1 unspecified atom stereocenters. The Bertz CT molecular complexity index is 863. The molecule has 0 spiro atoms. The van der Waals surface area contributed by atoms with E-state index in [2.05, 4.69) is 5.32 Å². The molecule has 0 aliphatic carbocycles. The van der Waals surface area contributed by atoms with Gasteiger partial charge in [0, 0.05) is 23.2 Å². The number of Topliss-reactive ketones (excluding diaryl/α,β-unsaturated/α-hetero) is 1. The summed E-state index contributed by atoms with van der Waals surface area (Å²) in [6.45, 7) is 3.12. The lowest BCUT2D eigenvalue weighted by Crippen LogP contribution is -2.53. The Kier molecular flexibility index (Phi) is 4.39. The van der Waals surface area contributed by atoms with Crippen LogP contribution in [0.5, 0.6) is 0 Å². The number of carbonyl (C=O) groups is 3. The van der Waals surface area contributed by atoms with Gasteiger partial charge in [-0.3, -0.25) is 14.4 Å². The summed E-state index contributed by atoms with van der Waals surface area (Å²) < 4.78 is -1.26. The summed E-state index contributed by atoms with van der Waals surface area (Å²) in [6, 6.07) is 14.1. The highest BCUT2D eigenvalue weighted by Gasteiger charge is 2.48. The topological polar surface area (TPSA) is 66.5 Å². The Labute approximate surface area is 150 Å². The zero-order chi connectivity index (χ0) is 18.2. The van der Waals surface area contributed by atoms with Crippen molar-refractivity contribution in [3.05, 3.63) is 54.1 Å². The van der Waals surface area contributed by atoms with Gasteiger partial charge in [0.2, 0.25) is 5.91 Å². The van der Waals surface area contributed by atoms with Crippen LogP contribution in [0.4, 0.5) is 11.4 Å². The van der Waals surface area contributed by atoms with E-state index in [-0.39, 0.29) is 17.6 Å². The predicted octanol–water partition coefficient (Wildman–Crippen LogP) is 3.36. The lowest BCUT2D eigenvalue weighted by Gasteiger charge is -2.36. The maximum atomic E-state index is 12.8. The summed E-state index contributed by atoms with van der Waals surface area (Å²) in [6.07, 6.45) is 0. The highest BCUT2D eigenvalue weighted by Crippen LogP contribution is 2.45. The number of nitrogens with one attached hydrogen (secondary N) is 1. The molecular weight excluding hydrogens is 336 g/mol. The fourth-order valence-electron chi connectivity index (χ4n) is 2.70. The molecule has 0 fully saturated rings. The number of hydrogen-bond acceptors (Lipinski definition) is 4. The maximum Gasteiger partial charge on any atom is 0.252 e. The fourth-order valence-corrected chi connectivity index (χ4v) is 3.96. The SMILES string of the molecule is CC(=O)c1ccc(NC(=O)C2(C)Sc3ccccc3N(C)C2=O)cc1. The molecular formula is C19H18N2O3S. The minimum absolute atomic E-state index is 0.0407. The van der Waals surface area contributed by atoms with E-state index in [1.54, 1.807) is 38.2 Å². The first-order valence-electron chi connectivity index (χ1n) is 7.81. The van der Waals surface area contributed by atoms with Crippen LogP contribution in [0.15, 0.2) is 53.4 Å². The summed E-state index contributed by atoms with van der Waals surface area (Å²) in [5, 5.41) is 2.78. The second kappa shape index (κ2) is 6.37. The predicted molar refractivity (Wildman–Crippen MR) is 99.2 cm³/mol. The summed E-state index contributed by atoms with van der Waals surface area (Å²) in [5.41, 5.74) is 1.92. The van der Waals surface area contributed by atoms with Crippen molar-refractivity contribution in [3.8, 4) is 0 Å². The second-order valence-electron chi connectivity index (χ2n) is 6.05. The van der Waals surface area contributed by atoms with Gasteiger partial charge in [0.25, 0.3) is 5.91 Å². The third kappa shape index (κ3) is 3.05. The van der Waals surface area contributed by atoms with Gasteiger partial charge in [-0.2, -0.15) is 0 Å². The van der Waals surface area contributed by atoms with Crippen LogP contribution in [0.25, 0.3) is 0 Å². The summed E-state index contributed by atoms with van der Waals surface area (Å²) >= 11 is 1.25. The molecule has 1 aliphatic heterocycles. The average Bonchev–Trinajstić information content (AvgIpc) is 2.60. The zero-order valence-electron chi connectivity index (χ0n) is 14.2. The van der Waals surface area contributed by atoms with Crippen LogP contribution in [0.1, 0.15) is 24.2 Å². The van der Waals surface area contributed by atoms with Crippen LogP contribution >= 0.6 is 11.8 Å². The van der Waals surface area contributed by atoms with Crippen molar-refractivity contribution in [2.45, 2.75) is 23.5 Å². The number of nitrogens with zero attached hydrogens (tertiary/aromatic N) is 1. The van der Waals surface area contributed by atoms with E-state index in [0.717, 1.165) is 10.6 Å². The van der Waals surface area contributed by atoms with Gasteiger partial charge in [0.15, 0.2) is 10.5 Å². The summed E-state index contributed by atoms with van der Waals surface area (Å²) in [4.78, 5) is 39.3. The van der Waals surface area contributed by atoms with Crippen LogP contribution in [0.3, 0.4) is 0 Å². The van der Waals surface area contributed by atoms with Crippen molar-refractivity contribution in [1.29, 1.82) is 0 Å². The molecule has 1 N–H and O–H groups in total. The number of rotatable bonds is 3. The van der Waals surface area contributed by atoms with E-state index in [1.807, 2.05) is 24.3 Å². The van der Waals surface area contributed by atoms with Gasteiger partial charge in [-0.25, -0.2) is 0 Å². The minimum atomic E-state index is -1.26. The van der Waals surface area contributed by atoms with Crippen LogP contribution < -0.4 is 10.2 Å². The standard InChI is InChI=1S/C19H18N2O3S/c1-12(22)13-8-10-14(11-9-13)20-17(23)19(2)18(24)21(3)15-6-4-5-7-16(15)25-19/h4-11H,1-3H3,(H,20,23). The third-order valence-corrected chi connectivity index (χ3v) is 5.57. The van der Waals surface area contributed by atoms with Crippen LogP contribution in [-0.4, -0.2) is 29.4 Å². The van der Waals surface area contributed by atoms with Gasteiger partial charge in [0.05, 0.1) is 5.69 Å². The van der Waals surface area contributed by atoms with Crippen LogP contribution in [-0.2, 0) is 9.59 Å². The third-order valence-electron chi connectivity index (χ3n) is 4.24. The molecule has 2 aromatic carbocycles. The van der Waals surface area contributed by atoms with E-state index in [9.17, 15) is 14.4 Å². The zero-order valence-corrected chi connectivity index (χ0v) is 15.0. The number of para-hydroxylation sites is 1. The smallest absolute Gasteiger partial charge is 0.252 e. The number of carbonyl (C=O) groups excluding carboxylic acids is 3. The number of hydrogen-bond donors (Lipinski definition) is 1. The Morgan fingerprint density at radius 2 is 1.72 bits per heavy atom. The maximum absolute atomic E-state index is 12.8. The fraction of sp³-hybridized carbons (Fsp3) is 0.211. The largest absolute Gasteiger partial charge is 0.324 e. The molecule has 0 bridgehead atoms. The first kappa shape index (κ1) is 17.2. The molecule has 5 nitrogen and oxygen atoms in total. The minimum Gasteiger partial charge on any atom is -0.324 e. The van der Waals surface area contributed by atoms with Gasteiger partial charge in [0.1, 0.15) is 0 Å². The van der Waals surface area contributed by atoms with Crippen molar-refractivity contribution in [2.24, 2.45) is 0 Å². The number of benzene rings is 2. The molecule has 0 aromatic heterocycles. The van der Waals surface area contributed by atoms with Crippen LogP contribution in [0.2, 0.25) is 0 Å². The molecule has 25 heavy (non-hydrogen) atoms. The molecule has 2 amide bonds. The first-order valence-corrected chi connectivity index (χ1v) is 8.63. The normalized spacial score (nSPS) is 19.3. The molecule has 2 aromatic rings. The van der Waals surface area contributed by atoms with E-state index in [4.69, 9.17) is 0 Å². The van der Waals surface area contributed by atoms with Gasteiger partial charge < -0.3 is 10.2 Å². The number of thioether (sulfide) groups is 1. The van der Waals surface area contributed by atoms with Crippen LogP contribution in [0, 0.1) is 0 Å². The Morgan fingerprint density at radius 3 is 2.36 bits per heavy atom. The number of ketones is 1. The van der Waals surface area contributed by atoms with Crippen molar-refractivity contribution in [2.75, 3.05) is 17.3 Å². The van der Waals surface area contributed by atoms with Crippen molar-refractivity contribution in [1.82, 2.24) is 0 Å². The molecule has 1 aliphatic rings. The van der Waals surface area contributed by atoms with Crippen molar-refractivity contribution >= 4 is 40.7 Å². The van der Waals surface area contributed by atoms with E-state index in [0.29, 0.717) is 11.3 Å². The number of fused-ring (bicyclic) bond motifs is 1. The molecule has 0 saturated heterocycles. The van der Waals surface area contributed by atoms with Gasteiger partial charge >= 0.3 is 0 Å². The van der Waals surface area contributed by atoms with E-state index >= 15 is 0 Å².